The summed E-state index contributed by atoms with van der Waals surface area (Å²) in [7, 11) is 0. The largest absolute Gasteiger partial charge is 0.370 e. The fourth-order valence-corrected chi connectivity index (χ4v) is 10.2. The van der Waals surface area contributed by atoms with Gasteiger partial charge in [-0.2, -0.15) is 0 Å². The molecule has 4 aliphatic rings. The molecule has 0 unspecified atom stereocenters. The second-order valence-corrected chi connectivity index (χ2v) is 19.3. The predicted octanol–water partition coefficient (Wildman–Crippen LogP) is 1.44. The minimum atomic E-state index is -1.30. The molecular formula is C53H67N9O9. The molecule has 0 spiro atoms. The Balaban J connectivity index is 1.28. The van der Waals surface area contributed by atoms with Gasteiger partial charge in [0.05, 0.1) is 0 Å². The van der Waals surface area contributed by atoms with Crippen LogP contribution in [0.25, 0.3) is 0 Å². The van der Waals surface area contributed by atoms with Crippen LogP contribution in [0.3, 0.4) is 0 Å². The van der Waals surface area contributed by atoms with Crippen LogP contribution in [0.5, 0.6) is 0 Å². The minimum Gasteiger partial charge on any atom is -0.370 e. The lowest BCUT2D eigenvalue weighted by Crippen LogP contribution is -2.62. The molecule has 7 N–H and O–H groups in total. The number of benzene rings is 3. The summed E-state index contributed by atoms with van der Waals surface area (Å²) in [5.41, 5.74) is 7.74. The quantitative estimate of drug-likeness (QED) is 0.163. The van der Waals surface area contributed by atoms with E-state index in [2.05, 4.69) is 26.6 Å². The van der Waals surface area contributed by atoms with Crippen LogP contribution in [0.4, 0.5) is 0 Å². The van der Waals surface area contributed by atoms with E-state index in [-0.39, 0.29) is 71.0 Å². The fourth-order valence-electron chi connectivity index (χ4n) is 10.2. The molecule has 4 saturated heterocycles. The van der Waals surface area contributed by atoms with Crippen LogP contribution < -0.4 is 32.3 Å². The van der Waals surface area contributed by atoms with Gasteiger partial charge in [-0.05, 0) is 67.6 Å². The van der Waals surface area contributed by atoms with Crippen LogP contribution in [0, 0.1) is 5.92 Å². The van der Waals surface area contributed by atoms with E-state index in [9.17, 15) is 43.2 Å². The van der Waals surface area contributed by atoms with Crippen LogP contribution in [0.1, 0.15) is 88.3 Å². The van der Waals surface area contributed by atoms with Crippen molar-refractivity contribution in [2.45, 2.75) is 139 Å². The van der Waals surface area contributed by atoms with Crippen LogP contribution in [-0.4, -0.2) is 136 Å². The summed E-state index contributed by atoms with van der Waals surface area (Å²) in [5.74, 6) is -5.97. The average molecular weight is 974 g/mol. The molecule has 18 heteroatoms. The highest BCUT2D eigenvalue weighted by Crippen LogP contribution is 2.25. The van der Waals surface area contributed by atoms with Crippen LogP contribution in [0.2, 0.25) is 0 Å². The predicted molar refractivity (Wildman–Crippen MR) is 262 cm³/mol. The third kappa shape index (κ3) is 13.0. The summed E-state index contributed by atoms with van der Waals surface area (Å²) >= 11 is 0. The van der Waals surface area contributed by atoms with Gasteiger partial charge in [0.15, 0.2) is 0 Å². The van der Waals surface area contributed by atoms with Crippen molar-refractivity contribution in [3.8, 4) is 0 Å². The zero-order valence-electron chi connectivity index (χ0n) is 40.6. The first kappa shape index (κ1) is 51.7. The maximum atomic E-state index is 14.8. The van der Waals surface area contributed by atoms with Gasteiger partial charge < -0.3 is 47.0 Å². The molecule has 4 heterocycles. The third-order valence-corrected chi connectivity index (χ3v) is 14.3. The Morgan fingerprint density at radius 3 is 1.25 bits per heavy atom. The molecule has 4 fully saturated rings. The van der Waals surface area contributed by atoms with Gasteiger partial charge >= 0.3 is 0 Å². The zero-order valence-corrected chi connectivity index (χ0v) is 40.6. The Kier molecular flexibility index (Phi) is 17.6. The molecule has 3 aromatic rings. The first-order chi connectivity index (χ1) is 34.2. The van der Waals surface area contributed by atoms with Crippen molar-refractivity contribution in [3.63, 3.8) is 0 Å². The summed E-state index contributed by atoms with van der Waals surface area (Å²) in [4.78, 5) is 133. The fraction of sp³-hybridized carbons (Fsp3) is 0.491. The number of carbonyl (C=O) groups excluding carboxylic acids is 9. The Morgan fingerprint density at radius 2 is 0.859 bits per heavy atom. The van der Waals surface area contributed by atoms with Crippen LogP contribution in [-0.2, 0) is 62.4 Å². The van der Waals surface area contributed by atoms with E-state index < -0.39 is 107 Å². The second-order valence-electron chi connectivity index (χ2n) is 19.3. The lowest BCUT2D eigenvalue weighted by atomic mass is 9.96. The maximum absolute atomic E-state index is 14.8. The SMILES string of the molecule is CC[C@H](C)[C@H]1NC(=O)[C@H](Cc2ccccc2)NC(=O)[C@@H]2CCCN2C(=O)[C@@H](Cc2ccccc2)NC(=O)[C@H]2CCCN2C(=O)[C@@H](CCC(N)=O)NC(=O)[C@H]2CCCN2C(=O)[C@@H](Cc2ccccc2)NC1=O. The van der Waals surface area contributed by atoms with Crippen molar-refractivity contribution in [3.05, 3.63) is 108 Å². The van der Waals surface area contributed by atoms with Gasteiger partial charge in [-0.15, -0.1) is 0 Å². The number of hydrogen-bond acceptors (Lipinski definition) is 9. The molecule has 378 valence electrons. The summed E-state index contributed by atoms with van der Waals surface area (Å²) in [5, 5.41) is 14.5. The Bertz CT molecular complexity index is 2410. The van der Waals surface area contributed by atoms with Crippen molar-refractivity contribution in [1.82, 2.24) is 41.3 Å². The lowest BCUT2D eigenvalue weighted by molar-refractivity contribution is -0.146. The van der Waals surface area contributed by atoms with Gasteiger partial charge in [0.2, 0.25) is 53.2 Å². The molecule has 0 saturated carbocycles. The van der Waals surface area contributed by atoms with Crippen LogP contribution in [0.15, 0.2) is 91.0 Å². The average Bonchev–Trinajstić information content (AvgIpc) is 4.19. The number of hydrogen-bond donors (Lipinski definition) is 6. The van der Waals surface area contributed by atoms with Crippen molar-refractivity contribution in [2.24, 2.45) is 11.7 Å². The Morgan fingerprint density at radius 1 is 0.507 bits per heavy atom. The summed E-state index contributed by atoms with van der Waals surface area (Å²) in [6.07, 6.45) is 2.26. The highest BCUT2D eigenvalue weighted by molar-refractivity contribution is 5.99. The first-order valence-corrected chi connectivity index (χ1v) is 25.1. The van der Waals surface area contributed by atoms with Gasteiger partial charge in [0.1, 0.15) is 48.3 Å². The third-order valence-electron chi connectivity index (χ3n) is 14.3. The molecule has 0 aliphatic carbocycles. The van der Waals surface area contributed by atoms with Crippen LogP contribution >= 0.6 is 0 Å². The highest BCUT2D eigenvalue weighted by Gasteiger charge is 2.45. The molecule has 18 nitrogen and oxygen atoms in total. The van der Waals surface area contributed by atoms with E-state index >= 15 is 0 Å². The number of nitrogens with one attached hydrogen (secondary N) is 5. The molecule has 9 atom stereocenters. The number of nitrogens with two attached hydrogens (primary N) is 1. The molecule has 4 aliphatic heterocycles. The van der Waals surface area contributed by atoms with Gasteiger partial charge in [-0.1, -0.05) is 111 Å². The molecule has 0 bridgehead atoms. The van der Waals surface area contributed by atoms with E-state index in [4.69, 9.17) is 5.73 Å². The molecular weight excluding hydrogens is 907 g/mol. The number of nitrogens with zero attached hydrogens (tertiary/aromatic N) is 3. The van der Waals surface area contributed by atoms with Crippen molar-refractivity contribution in [1.29, 1.82) is 0 Å². The molecule has 7 rings (SSSR count). The monoisotopic (exact) mass is 974 g/mol. The smallest absolute Gasteiger partial charge is 0.246 e. The van der Waals surface area contributed by atoms with Gasteiger partial charge in [0, 0.05) is 45.3 Å². The van der Waals surface area contributed by atoms with Crippen molar-refractivity contribution >= 4 is 53.2 Å². The normalized spacial score (nSPS) is 26.8. The minimum absolute atomic E-state index is 0.0467. The summed E-state index contributed by atoms with van der Waals surface area (Å²) in [6, 6.07) is 18.1. The molecule has 3 aromatic carbocycles. The van der Waals surface area contributed by atoms with E-state index in [1.807, 2.05) is 85.8 Å². The molecule has 9 amide bonds. The maximum Gasteiger partial charge on any atom is 0.246 e. The first-order valence-electron chi connectivity index (χ1n) is 25.1. The molecule has 71 heavy (non-hydrogen) atoms. The second kappa shape index (κ2) is 24.1. The van der Waals surface area contributed by atoms with E-state index in [0.29, 0.717) is 25.7 Å². The Labute approximate surface area is 414 Å². The van der Waals surface area contributed by atoms with Crippen molar-refractivity contribution < 1.29 is 43.2 Å². The van der Waals surface area contributed by atoms with E-state index in [1.165, 1.54) is 14.7 Å². The lowest BCUT2D eigenvalue weighted by Gasteiger charge is -2.34. The topological polar surface area (TPSA) is 250 Å². The van der Waals surface area contributed by atoms with Gasteiger partial charge in [-0.25, -0.2) is 0 Å². The molecule has 0 aromatic heterocycles. The van der Waals surface area contributed by atoms with Crippen molar-refractivity contribution in [2.75, 3.05) is 19.6 Å². The highest BCUT2D eigenvalue weighted by atomic mass is 16.2. The standard InChI is InChI=1S/C53H67N9O9/c1-3-33(2)45-50(68)58-40(32-36-20-11-6-12-21-36)53(71)61-28-14-22-41(61)47(65)55-37(25-26-44(54)63)51(69)60-27-13-24-43(60)49(67)57-39(31-35-18-9-5-10-19-35)52(70)62-29-15-23-42(62)48(66)56-38(46(64)59-45)30-34-16-7-4-8-17-34/h4-12,16-21,33,37-43,45H,3,13-15,22-32H2,1-2H3,(H2,54,63)(H,55,65)(H,56,66)(H,57,67)(H,58,68)(H,59,64)/t33-,37+,38-,39+,40+,41+,42-,43+,45+/m0/s1. The number of rotatable bonds is 11. The summed E-state index contributed by atoms with van der Waals surface area (Å²) < 4.78 is 0. The number of carbonyl (C=O) groups is 9. The number of fused-ring (bicyclic) bond motifs is 3. The van der Waals surface area contributed by atoms with Gasteiger partial charge in [-0.3, -0.25) is 43.2 Å². The van der Waals surface area contributed by atoms with E-state index in [0.717, 1.165) is 16.7 Å². The number of primary amides is 1. The summed E-state index contributed by atoms with van der Waals surface area (Å²) in [6.45, 7) is 4.17. The Hall–Kier alpha value is -7.11. The van der Waals surface area contributed by atoms with E-state index in [1.54, 1.807) is 19.1 Å². The molecule has 0 radical (unpaired) electrons. The zero-order chi connectivity index (χ0) is 50.6. The number of amides is 9. The van der Waals surface area contributed by atoms with Gasteiger partial charge in [0.25, 0.3) is 0 Å².